The minimum atomic E-state index is -0.883. The van der Waals surface area contributed by atoms with E-state index in [4.69, 9.17) is 9.47 Å². The van der Waals surface area contributed by atoms with Crippen LogP contribution in [0.1, 0.15) is 46.2 Å². The van der Waals surface area contributed by atoms with Crippen LogP contribution in [0.15, 0.2) is 29.5 Å². The van der Waals surface area contributed by atoms with Gasteiger partial charge in [-0.15, -0.1) is 0 Å². The topological polar surface area (TPSA) is 120 Å². The molecule has 0 saturated carbocycles. The Kier molecular flexibility index (Phi) is 6.61. The minimum Gasteiger partial charge on any atom is -0.487 e. The maximum atomic E-state index is 12.8. The molecule has 1 aromatic carbocycles. The highest BCUT2D eigenvalue weighted by atomic mass is 16.6. The monoisotopic (exact) mass is 391 g/mol. The molecular weight excluding hydrogens is 366 g/mol. The second-order valence-corrected chi connectivity index (χ2v) is 6.88. The quantitative estimate of drug-likeness (QED) is 0.418. The predicted molar refractivity (Wildman–Crippen MR) is 102 cm³/mol. The number of urea groups is 1. The Hall–Kier alpha value is -3.10. The fourth-order valence-corrected chi connectivity index (χ4v) is 2.93. The summed E-state index contributed by atoms with van der Waals surface area (Å²) < 4.78 is 10.7. The molecule has 1 aliphatic rings. The van der Waals surface area contributed by atoms with Crippen molar-refractivity contribution in [3.05, 3.63) is 45.1 Å². The van der Waals surface area contributed by atoms with Crippen LogP contribution in [0.4, 0.5) is 10.5 Å². The molecule has 0 spiro atoms. The SMILES string of the molecule is CCOc1ccc(C2NC(=O)NC(C(C)C)=C2C(=O)OC(C)C)cc1[N+](=O)[O-]. The number of nitrogens with zero attached hydrogens (tertiary/aromatic N) is 1. The van der Waals surface area contributed by atoms with E-state index in [9.17, 15) is 19.7 Å². The number of nitrogens with one attached hydrogen (secondary N) is 2. The molecular formula is C19H25N3O6. The van der Waals surface area contributed by atoms with Gasteiger partial charge in [0.25, 0.3) is 0 Å². The third kappa shape index (κ3) is 4.59. The van der Waals surface area contributed by atoms with Crippen molar-refractivity contribution in [3.8, 4) is 5.75 Å². The Morgan fingerprint density at radius 3 is 2.50 bits per heavy atom. The lowest BCUT2D eigenvalue weighted by molar-refractivity contribution is -0.385. The molecule has 2 N–H and O–H groups in total. The van der Waals surface area contributed by atoms with Crippen LogP contribution < -0.4 is 15.4 Å². The average Bonchev–Trinajstić information content (AvgIpc) is 2.60. The van der Waals surface area contributed by atoms with Gasteiger partial charge in [-0.2, -0.15) is 0 Å². The first-order valence-electron chi connectivity index (χ1n) is 9.09. The van der Waals surface area contributed by atoms with Crippen LogP contribution in [0.2, 0.25) is 0 Å². The zero-order chi connectivity index (χ0) is 21.0. The molecule has 152 valence electrons. The molecule has 1 unspecified atom stereocenters. The van der Waals surface area contributed by atoms with E-state index in [1.807, 2.05) is 13.8 Å². The number of hydrogen-bond acceptors (Lipinski definition) is 6. The summed E-state index contributed by atoms with van der Waals surface area (Å²) in [5.74, 6) is -0.635. The zero-order valence-electron chi connectivity index (χ0n) is 16.6. The van der Waals surface area contributed by atoms with Gasteiger partial charge in [0.15, 0.2) is 5.75 Å². The summed E-state index contributed by atoms with van der Waals surface area (Å²) in [7, 11) is 0. The summed E-state index contributed by atoms with van der Waals surface area (Å²) in [6, 6.07) is 2.99. The molecule has 0 saturated heterocycles. The number of nitro benzene ring substituents is 1. The van der Waals surface area contributed by atoms with Gasteiger partial charge >= 0.3 is 17.7 Å². The van der Waals surface area contributed by atoms with Gasteiger partial charge in [-0.3, -0.25) is 10.1 Å². The van der Waals surface area contributed by atoms with Crippen molar-refractivity contribution >= 4 is 17.7 Å². The fraction of sp³-hybridized carbons (Fsp3) is 0.474. The molecule has 28 heavy (non-hydrogen) atoms. The smallest absolute Gasteiger partial charge is 0.338 e. The summed E-state index contributed by atoms with van der Waals surface area (Å²) in [5.41, 5.74) is 0.798. The molecule has 0 bridgehead atoms. The minimum absolute atomic E-state index is 0.121. The van der Waals surface area contributed by atoms with Gasteiger partial charge in [0, 0.05) is 11.8 Å². The molecule has 2 amide bonds. The van der Waals surface area contributed by atoms with Gasteiger partial charge in [-0.25, -0.2) is 9.59 Å². The highest BCUT2D eigenvalue weighted by Crippen LogP contribution is 2.35. The Labute approximate surface area is 163 Å². The van der Waals surface area contributed by atoms with Crippen molar-refractivity contribution in [3.63, 3.8) is 0 Å². The summed E-state index contributed by atoms with van der Waals surface area (Å²) >= 11 is 0. The molecule has 0 aromatic heterocycles. The lowest BCUT2D eigenvalue weighted by Gasteiger charge is -2.31. The number of carbonyl (C=O) groups excluding carboxylic acids is 2. The predicted octanol–water partition coefficient (Wildman–Crippen LogP) is 3.21. The number of nitro groups is 1. The van der Waals surface area contributed by atoms with E-state index in [-0.39, 0.29) is 35.6 Å². The van der Waals surface area contributed by atoms with Crippen molar-refractivity contribution < 1.29 is 24.0 Å². The van der Waals surface area contributed by atoms with Gasteiger partial charge in [0.2, 0.25) is 0 Å². The summed E-state index contributed by atoms with van der Waals surface area (Å²) in [6.45, 7) is 9.11. The molecule has 1 atom stereocenters. The lowest BCUT2D eigenvalue weighted by atomic mass is 9.91. The van der Waals surface area contributed by atoms with Crippen LogP contribution in [-0.4, -0.2) is 29.6 Å². The van der Waals surface area contributed by atoms with E-state index in [1.165, 1.54) is 12.1 Å². The van der Waals surface area contributed by atoms with Crippen molar-refractivity contribution in [2.75, 3.05) is 6.61 Å². The highest BCUT2D eigenvalue weighted by molar-refractivity contribution is 5.95. The molecule has 0 aliphatic carbocycles. The van der Waals surface area contributed by atoms with E-state index in [0.29, 0.717) is 11.3 Å². The van der Waals surface area contributed by atoms with E-state index in [2.05, 4.69) is 10.6 Å². The van der Waals surface area contributed by atoms with E-state index >= 15 is 0 Å². The number of ether oxygens (including phenoxy) is 2. The number of benzene rings is 1. The van der Waals surface area contributed by atoms with Crippen molar-refractivity contribution in [1.82, 2.24) is 10.6 Å². The second-order valence-electron chi connectivity index (χ2n) is 6.88. The average molecular weight is 391 g/mol. The molecule has 1 aliphatic heterocycles. The largest absolute Gasteiger partial charge is 0.487 e. The number of esters is 1. The van der Waals surface area contributed by atoms with Gasteiger partial charge in [-0.05, 0) is 38.3 Å². The van der Waals surface area contributed by atoms with E-state index < -0.39 is 23.0 Å². The van der Waals surface area contributed by atoms with Crippen LogP contribution in [0.5, 0.6) is 5.75 Å². The first-order valence-corrected chi connectivity index (χ1v) is 9.09. The number of allylic oxidation sites excluding steroid dienone is 1. The van der Waals surface area contributed by atoms with E-state index in [0.717, 1.165) is 0 Å². The molecule has 0 radical (unpaired) electrons. The van der Waals surface area contributed by atoms with Crippen LogP contribution in [0.25, 0.3) is 0 Å². The Bertz CT molecular complexity index is 816. The van der Waals surface area contributed by atoms with Crippen molar-refractivity contribution in [2.45, 2.75) is 46.8 Å². The van der Waals surface area contributed by atoms with Crippen molar-refractivity contribution in [2.24, 2.45) is 5.92 Å². The van der Waals surface area contributed by atoms with Gasteiger partial charge in [0.05, 0.1) is 29.2 Å². The van der Waals surface area contributed by atoms with Crippen LogP contribution in [0, 0.1) is 16.0 Å². The first kappa shape index (κ1) is 21.2. The van der Waals surface area contributed by atoms with Gasteiger partial charge in [-0.1, -0.05) is 19.9 Å². The van der Waals surface area contributed by atoms with Crippen LogP contribution >= 0.6 is 0 Å². The number of hydrogen-bond donors (Lipinski definition) is 2. The third-order valence-corrected chi connectivity index (χ3v) is 4.06. The third-order valence-electron chi connectivity index (χ3n) is 4.06. The Morgan fingerprint density at radius 2 is 1.96 bits per heavy atom. The normalized spacial score (nSPS) is 16.7. The summed E-state index contributed by atoms with van der Waals surface area (Å²) in [6.07, 6.45) is -0.360. The maximum Gasteiger partial charge on any atom is 0.338 e. The molecule has 9 heteroatoms. The zero-order valence-corrected chi connectivity index (χ0v) is 16.6. The summed E-state index contributed by atoms with van der Waals surface area (Å²) in [4.78, 5) is 35.8. The Balaban J connectivity index is 2.61. The molecule has 1 heterocycles. The van der Waals surface area contributed by atoms with Gasteiger partial charge < -0.3 is 20.1 Å². The van der Waals surface area contributed by atoms with Crippen LogP contribution in [-0.2, 0) is 9.53 Å². The number of rotatable bonds is 7. The standard InChI is InChI=1S/C19H25N3O6/c1-6-27-14-8-7-12(9-13(14)22(25)26)17-15(18(23)28-11(4)5)16(10(2)3)20-19(24)21-17/h7-11,17H,6H2,1-5H3,(H2,20,21,24). The Morgan fingerprint density at radius 1 is 1.29 bits per heavy atom. The van der Waals surface area contributed by atoms with Crippen LogP contribution in [0.3, 0.4) is 0 Å². The van der Waals surface area contributed by atoms with E-state index in [1.54, 1.807) is 26.8 Å². The first-order chi connectivity index (χ1) is 13.1. The number of carbonyl (C=O) groups is 2. The number of amides is 2. The molecule has 2 rings (SSSR count). The van der Waals surface area contributed by atoms with Gasteiger partial charge in [0.1, 0.15) is 0 Å². The summed E-state index contributed by atoms with van der Waals surface area (Å²) in [5, 5.41) is 16.8. The fourth-order valence-electron chi connectivity index (χ4n) is 2.93. The molecule has 1 aromatic rings. The van der Waals surface area contributed by atoms with Crippen molar-refractivity contribution in [1.29, 1.82) is 0 Å². The molecule has 0 fully saturated rings. The molecule has 9 nitrogen and oxygen atoms in total. The second kappa shape index (κ2) is 8.73. The maximum absolute atomic E-state index is 12.8. The lowest BCUT2D eigenvalue weighted by Crippen LogP contribution is -2.47. The highest BCUT2D eigenvalue weighted by Gasteiger charge is 2.36.